The lowest BCUT2D eigenvalue weighted by molar-refractivity contribution is -0.122. The van der Waals surface area contributed by atoms with Crippen molar-refractivity contribution in [1.82, 2.24) is 0 Å². The van der Waals surface area contributed by atoms with E-state index < -0.39 is 38.1 Å². The third-order valence-electron chi connectivity index (χ3n) is 9.38. The summed E-state index contributed by atoms with van der Waals surface area (Å²) in [6.07, 6.45) is 3.08. The second-order valence-corrected chi connectivity index (χ2v) is 13.6. The molecule has 3 aromatic rings. The fourth-order valence-electron chi connectivity index (χ4n) is 7.21. The van der Waals surface area contributed by atoms with E-state index in [0.29, 0.717) is 34.3 Å². The molecule has 13 heteroatoms. The Morgan fingerprint density at radius 3 is 2.58 bits per heavy atom. The molecule has 48 heavy (non-hydrogen) atoms. The van der Waals surface area contributed by atoms with Crippen LogP contribution in [0.15, 0.2) is 83.4 Å². The van der Waals surface area contributed by atoms with Crippen LogP contribution in [0.1, 0.15) is 31.7 Å². The van der Waals surface area contributed by atoms with E-state index in [1.165, 1.54) is 19.2 Å². The van der Waals surface area contributed by atoms with Crippen molar-refractivity contribution in [1.29, 1.82) is 0 Å². The second-order valence-electron chi connectivity index (χ2n) is 12.5. The lowest BCUT2D eigenvalue weighted by Gasteiger charge is -2.43. The Balaban J connectivity index is 1.32. The van der Waals surface area contributed by atoms with Crippen LogP contribution in [-0.4, -0.2) is 66.1 Å². The first-order chi connectivity index (χ1) is 23.0. The largest absolute Gasteiger partial charge is 0.504 e. The van der Waals surface area contributed by atoms with Crippen LogP contribution >= 0.6 is 22.6 Å². The van der Waals surface area contributed by atoms with Gasteiger partial charge in [-0.15, -0.1) is 0 Å². The summed E-state index contributed by atoms with van der Waals surface area (Å²) in [6.45, 7) is 2.20. The predicted molar refractivity (Wildman–Crippen MR) is 191 cm³/mol. The van der Waals surface area contributed by atoms with E-state index in [-0.39, 0.29) is 41.6 Å². The topological polar surface area (TPSA) is 146 Å². The first-order valence-electron chi connectivity index (χ1n) is 15.9. The number of methoxy groups -OCH3 is 1. The van der Waals surface area contributed by atoms with Crippen molar-refractivity contribution >= 4 is 65.9 Å². The Morgan fingerprint density at radius 1 is 1.08 bits per heavy atom. The number of benzene rings is 3. The highest BCUT2D eigenvalue weighted by Gasteiger charge is 2.57. The number of allylic oxidation sites excluding steroid dienone is 1. The van der Waals surface area contributed by atoms with E-state index in [9.17, 15) is 29.8 Å². The van der Waals surface area contributed by atoms with Gasteiger partial charge in [-0.1, -0.05) is 42.0 Å². The molecule has 10 nitrogen and oxygen atoms in total. The first-order valence-corrected chi connectivity index (χ1v) is 16.9. The maximum absolute atomic E-state index is 14.1. The number of hydrogen-bond donors (Lipinski definition) is 4. The molecule has 4 N–H and O–H groups in total. The van der Waals surface area contributed by atoms with Gasteiger partial charge in [0.1, 0.15) is 12.4 Å². The Bertz CT molecular complexity index is 1770. The lowest BCUT2D eigenvalue weighted by Crippen LogP contribution is -2.46. The van der Waals surface area contributed by atoms with Crippen LogP contribution in [0.25, 0.3) is 6.08 Å². The van der Waals surface area contributed by atoms with Gasteiger partial charge < -0.3 is 34.3 Å². The molecule has 0 spiro atoms. The highest BCUT2D eigenvalue weighted by Crippen LogP contribution is 2.51. The minimum Gasteiger partial charge on any atom is -0.504 e. The molecule has 2 aliphatic heterocycles. The minimum atomic E-state index is -1.75. The van der Waals surface area contributed by atoms with Gasteiger partial charge in [0.05, 0.1) is 34.3 Å². The second kappa shape index (κ2) is 14.5. The third-order valence-corrected chi connectivity index (χ3v) is 10.2. The number of imide groups is 1. The monoisotopic (exact) mass is 763 g/mol. The van der Waals surface area contributed by atoms with Gasteiger partial charge in [-0.2, -0.15) is 0 Å². The molecule has 3 aliphatic rings. The summed E-state index contributed by atoms with van der Waals surface area (Å²) in [4.78, 5) is 29.2. The summed E-state index contributed by atoms with van der Waals surface area (Å²) in [5.74, 6) is -1.41. The van der Waals surface area contributed by atoms with Crippen LogP contribution in [0, 0.1) is 21.3 Å². The molecule has 2 saturated heterocycles. The SMILES string of the molecule is COc1cc(/C=C(\C)CC[C@H]2OB(O)C[C@H]3C2=C(COc2ccccc2)C[C@H]2C(=O)N(c4cccc(B(O)O)c4)C(=O)[C@H]23)cc(I)c1O. The molecule has 0 saturated carbocycles. The van der Waals surface area contributed by atoms with Crippen LogP contribution < -0.4 is 19.8 Å². The predicted octanol–water partition coefficient (Wildman–Crippen LogP) is 3.95. The van der Waals surface area contributed by atoms with Gasteiger partial charge in [0.25, 0.3) is 0 Å². The minimum absolute atomic E-state index is 0.0912. The first kappa shape index (κ1) is 34.3. The van der Waals surface area contributed by atoms with Crippen molar-refractivity contribution in [3.63, 3.8) is 0 Å². The summed E-state index contributed by atoms with van der Waals surface area (Å²) in [6, 6.07) is 19.1. The van der Waals surface area contributed by atoms with Gasteiger partial charge in [0.15, 0.2) is 11.5 Å². The van der Waals surface area contributed by atoms with E-state index >= 15 is 0 Å². The molecule has 0 unspecified atom stereocenters. The summed E-state index contributed by atoms with van der Waals surface area (Å²) in [5, 5.41) is 40.7. The van der Waals surface area contributed by atoms with Crippen molar-refractivity contribution < 1.29 is 43.9 Å². The molecular formula is C35H36B2INO9. The van der Waals surface area contributed by atoms with Crippen LogP contribution in [0.4, 0.5) is 5.69 Å². The number of fused-ring (bicyclic) bond motifs is 3. The van der Waals surface area contributed by atoms with E-state index in [1.807, 2.05) is 49.4 Å². The van der Waals surface area contributed by atoms with Crippen LogP contribution in [0.5, 0.6) is 17.2 Å². The number of amides is 2. The molecule has 4 atom stereocenters. The summed E-state index contributed by atoms with van der Waals surface area (Å²) < 4.78 is 18.3. The highest BCUT2D eigenvalue weighted by atomic mass is 127. The quantitative estimate of drug-likeness (QED) is 0.104. The van der Waals surface area contributed by atoms with Gasteiger partial charge in [-0.3, -0.25) is 14.5 Å². The Labute approximate surface area is 293 Å². The zero-order valence-electron chi connectivity index (χ0n) is 26.6. The molecule has 2 heterocycles. The van der Waals surface area contributed by atoms with Crippen LogP contribution in [0.3, 0.4) is 0 Å². The van der Waals surface area contributed by atoms with E-state index in [2.05, 4.69) is 22.6 Å². The lowest BCUT2D eigenvalue weighted by atomic mass is 9.58. The molecule has 0 radical (unpaired) electrons. The van der Waals surface area contributed by atoms with E-state index in [0.717, 1.165) is 27.2 Å². The summed E-state index contributed by atoms with van der Waals surface area (Å²) in [5.41, 5.74) is 4.14. The normalized spacial score (nSPS) is 22.5. The van der Waals surface area contributed by atoms with E-state index in [1.54, 1.807) is 18.2 Å². The molecule has 2 amide bonds. The number of carbonyl (C=O) groups is 2. The molecule has 0 bridgehead atoms. The fourth-order valence-corrected chi connectivity index (χ4v) is 7.84. The number of para-hydroxylation sites is 1. The fraction of sp³-hybridized carbons (Fsp3) is 0.314. The van der Waals surface area contributed by atoms with Gasteiger partial charge >= 0.3 is 14.2 Å². The summed E-state index contributed by atoms with van der Waals surface area (Å²) in [7, 11) is -1.37. The van der Waals surface area contributed by atoms with Gasteiger partial charge in [0.2, 0.25) is 11.8 Å². The zero-order valence-corrected chi connectivity index (χ0v) is 28.7. The summed E-state index contributed by atoms with van der Waals surface area (Å²) >= 11 is 2.06. The van der Waals surface area contributed by atoms with Gasteiger partial charge in [-0.05, 0) is 120 Å². The van der Waals surface area contributed by atoms with Gasteiger partial charge in [0, 0.05) is 0 Å². The average Bonchev–Trinajstić information content (AvgIpc) is 3.33. The van der Waals surface area contributed by atoms with Crippen molar-refractivity contribution in [3.05, 3.63) is 92.6 Å². The third kappa shape index (κ3) is 6.92. The standard InChI is InChI=1S/C35H36B2INO9/c1-20(13-21-14-28(38)33(40)30(15-21)46-2)11-12-29-31-22(19-47-25-9-4-3-5-10-25)16-26-32(27(31)18-36(43)48-29)35(42)39(34(26)41)24-8-6-7-23(17-24)37(44)45/h3-10,13-15,17,26-27,29,32,40,43-45H,11-12,16,18-19H2,1-2H3/b20-13+/t26-,27+,29-,32-/m1/s1. The maximum Gasteiger partial charge on any atom is 0.488 e. The maximum atomic E-state index is 14.1. The van der Waals surface area contributed by atoms with Crippen molar-refractivity contribution in [2.24, 2.45) is 17.8 Å². The number of hydrogen-bond acceptors (Lipinski definition) is 9. The molecule has 2 fully saturated rings. The zero-order chi connectivity index (χ0) is 34.1. The molecule has 6 rings (SSSR count). The Morgan fingerprint density at radius 2 is 1.85 bits per heavy atom. The number of aromatic hydroxyl groups is 1. The molecular weight excluding hydrogens is 727 g/mol. The molecule has 3 aromatic carbocycles. The van der Waals surface area contributed by atoms with E-state index in [4.69, 9.17) is 14.1 Å². The van der Waals surface area contributed by atoms with Crippen molar-refractivity contribution in [2.45, 2.75) is 38.6 Å². The van der Waals surface area contributed by atoms with Gasteiger partial charge in [-0.25, -0.2) is 0 Å². The number of ether oxygens (including phenoxy) is 2. The number of anilines is 1. The molecule has 248 valence electrons. The number of phenolic OH excluding ortho intramolecular Hbond substituents is 1. The molecule has 1 aliphatic carbocycles. The highest BCUT2D eigenvalue weighted by molar-refractivity contribution is 14.1. The average molecular weight is 763 g/mol. The number of halogens is 1. The number of rotatable bonds is 10. The Hall–Kier alpha value is -3.62. The smallest absolute Gasteiger partial charge is 0.488 e. The van der Waals surface area contributed by atoms with Crippen LogP contribution in [-0.2, 0) is 14.2 Å². The van der Waals surface area contributed by atoms with Crippen LogP contribution in [0.2, 0.25) is 6.32 Å². The number of nitrogens with zero attached hydrogens (tertiary/aromatic N) is 1. The van der Waals surface area contributed by atoms with Crippen molar-refractivity contribution in [3.8, 4) is 17.2 Å². The van der Waals surface area contributed by atoms with Crippen molar-refractivity contribution in [2.75, 3.05) is 18.6 Å². The number of carbonyl (C=O) groups excluding carboxylic acids is 2. The molecule has 0 aromatic heterocycles. The number of phenols is 1. The Kier molecular flexibility index (Phi) is 10.3.